The van der Waals surface area contributed by atoms with E-state index in [0.29, 0.717) is 0 Å². The highest BCUT2D eigenvalue weighted by molar-refractivity contribution is 5.64. The van der Waals surface area contributed by atoms with E-state index in [1.54, 1.807) is 0 Å². The summed E-state index contributed by atoms with van der Waals surface area (Å²) in [4.78, 5) is 0. The Morgan fingerprint density at radius 2 is 1.61 bits per heavy atom. The van der Waals surface area contributed by atoms with Crippen LogP contribution in [-0.4, -0.2) is 0 Å². The maximum Gasteiger partial charge on any atom is -0.0181 e. The van der Waals surface area contributed by atoms with Gasteiger partial charge in [0.1, 0.15) is 0 Å². The molecule has 0 heterocycles. The second kappa shape index (κ2) is 8.91. The molecule has 0 N–H and O–H groups in total. The molecule has 0 radical (unpaired) electrons. The number of aryl methyl sites for hydroxylation is 2. The zero-order valence-electron chi connectivity index (χ0n) is 15.3. The van der Waals surface area contributed by atoms with Crippen LogP contribution in [0.1, 0.15) is 57.6 Å². The van der Waals surface area contributed by atoms with Crippen LogP contribution in [0.2, 0.25) is 0 Å². The van der Waals surface area contributed by atoms with E-state index in [1.165, 1.54) is 54.4 Å². The Kier molecular flexibility index (Phi) is 6.89. The first-order valence-electron chi connectivity index (χ1n) is 9.24. The van der Waals surface area contributed by atoms with E-state index in [-0.39, 0.29) is 0 Å². The lowest BCUT2D eigenvalue weighted by Crippen LogP contribution is -2.02. The predicted molar refractivity (Wildman–Crippen MR) is 103 cm³/mol. The van der Waals surface area contributed by atoms with Crippen LogP contribution in [0.15, 0.2) is 48.5 Å². The molecule has 0 aromatic heterocycles. The average molecular weight is 309 g/mol. The maximum absolute atomic E-state index is 2.41. The first-order chi connectivity index (χ1) is 11.1. The maximum atomic E-state index is 2.41. The lowest BCUT2D eigenvalue weighted by Gasteiger charge is -2.15. The molecule has 2 aromatic rings. The number of benzene rings is 2. The van der Waals surface area contributed by atoms with Crippen LogP contribution >= 0.6 is 0 Å². The topological polar surface area (TPSA) is 0 Å². The summed E-state index contributed by atoms with van der Waals surface area (Å²) in [6, 6.07) is 17.9. The number of hydrogen-bond donors (Lipinski definition) is 0. The van der Waals surface area contributed by atoms with Crippen LogP contribution in [-0.2, 0) is 6.42 Å². The molecule has 0 spiro atoms. The molecule has 2 atom stereocenters. The van der Waals surface area contributed by atoms with E-state index in [0.717, 1.165) is 11.8 Å². The van der Waals surface area contributed by atoms with Crippen molar-refractivity contribution in [1.82, 2.24) is 0 Å². The predicted octanol–water partition coefficient (Wildman–Crippen LogP) is 7.06. The monoisotopic (exact) mass is 308 g/mol. The molecule has 0 saturated heterocycles. The Balaban J connectivity index is 1.83. The Labute approximate surface area is 143 Å². The Hall–Kier alpha value is -1.56. The fourth-order valence-electron chi connectivity index (χ4n) is 3.31. The van der Waals surface area contributed by atoms with Crippen molar-refractivity contribution in [3.8, 4) is 11.1 Å². The second-order valence-electron chi connectivity index (χ2n) is 7.31. The van der Waals surface area contributed by atoms with Gasteiger partial charge in [0, 0.05) is 0 Å². The van der Waals surface area contributed by atoms with Crippen LogP contribution in [0.3, 0.4) is 0 Å². The second-order valence-corrected chi connectivity index (χ2v) is 7.31. The Bertz CT molecular complexity index is 579. The lowest BCUT2D eigenvalue weighted by atomic mass is 9.91. The van der Waals surface area contributed by atoms with Crippen LogP contribution in [0.4, 0.5) is 0 Å². The highest BCUT2D eigenvalue weighted by atomic mass is 14.1. The quantitative estimate of drug-likeness (QED) is 0.490. The minimum Gasteiger partial charge on any atom is -0.0651 e. The molecule has 0 bridgehead atoms. The molecule has 2 aromatic carbocycles. The summed E-state index contributed by atoms with van der Waals surface area (Å²) in [7, 11) is 0. The van der Waals surface area contributed by atoms with Gasteiger partial charge in [-0.15, -0.1) is 0 Å². The molecule has 0 aliphatic carbocycles. The summed E-state index contributed by atoms with van der Waals surface area (Å²) < 4.78 is 0. The van der Waals surface area contributed by atoms with E-state index in [9.17, 15) is 0 Å². The third-order valence-electron chi connectivity index (χ3n) is 4.97. The summed E-state index contributed by atoms with van der Waals surface area (Å²) in [5, 5.41) is 0. The summed E-state index contributed by atoms with van der Waals surface area (Å²) >= 11 is 0. The van der Waals surface area contributed by atoms with E-state index in [1.807, 2.05) is 0 Å². The van der Waals surface area contributed by atoms with Crippen molar-refractivity contribution in [2.45, 2.75) is 59.8 Å². The summed E-state index contributed by atoms with van der Waals surface area (Å²) in [5.74, 6) is 1.73. The highest BCUT2D eigenvalue weighted by Gasteiger charge is 2.07. The normalized spacial score (nSPS) is 13.7. The van der Waals surface area contributed by atoms with Crippen molar-refractivity contribution in [3.63, 3.8) is 0 Å². The summed E-state index contributed by atoms with van der Waals surface area (Å²) in [6.45, 7) is 9.24. The van der Waals surface area contributed by atoms with Crippen molar-refractivity contribution in [1.29, 1.82) is 0 Å². The largest absolute Gasteiger partial charge is 0.0651 e. The van der Waals surface area contributed by atoms with Gasteiger partial charge in [0.15, 0.2) is 0 Å². The van der Waals surface area contributed by atoms with E-state index in [4.69, 9.17) is 0 Å². The minimum atomic E-state index is 0.858. The van der Waals surface area contributed by atoms with Gasteiger partial charge in [-0.2, -0.15) is 0 Å². The third-order valence-corrected chi connectivity index (χ3v) is 4.97. The van der Waals surface area contributed by atoms with Gasteiger partial charge in [-0.1, -0.05) is 87.7 Å². The van der Waals surface area contributed by atoms with Gasteiger partial charge in [0.2, 0.25) is 0 Å². The molecule has 23 heavy (non-hydrogen) atoms. The number of rotatable bonds is 8. The highest BCUT2D eigenvalue weighted by Crippen LogP contribution is 2.23. The zero-order valence-corrected chi connectivity index (χ0v) is 15.3. The standard InChI is InChI=1S/C23H32/c1-5-18(2)16-19(3)8-6-10-21-12-14-22(15-13-21)23-11-7-9-20(4)17-23/h7,9,11-15,17-19H,5-6,8,10,16H2,1-4H3. The van der Waals surface area contributed by atoms with Crippen LogP contribution < -0.4 is 0 Å². The van der Waals surface area contributed by atoms with Gasteiger partial charge in [-0.3, -0.25) is 0 Å². The van der Waals surface area contributed by atoms with Crippen molar-refractivity contribution in [3.05, 3.63) is 59.7 Å². The van der Waals surface area contributed by atoms with Crippen LogP contribution in [0, 0.1) is 18.8 Å². The molecule has 0 heteroatoms. The molecule has 0 aliphatic rings. The molecular formula is C23H32. The van der Waals surface area contributed by atoms with Gasteiger partial charge in [-0.05, 0) is 54.7 Å². The molecule has 0 nitrogen and oxygen atoms in total. The molecule has 0 amide bonds. The first kappa shape index (κ1) is 17.8. The molecule has 2 unspecified atom stereocenters. The molecule has 0 saturated carbocycles. The van der Waals surface area contributed by atoms with Crippen molar-refractivity contribution in [2.24, 2.45) is 11.8 Å². The molecular weight excluding hydrogens is 276 g/mol. The molecule has 2 rings (SSSR count). The van der Waals surface area contributed by atoms with Gasteiger partial charge < -0.3 is 0 Å². The van der Waals surface area contributed by atoms with Crippen LogP contribution in [0.5, 0.6) is 0 Å². The Morgan fingerprint density at radius 1 is 0.870 bits per heavy atom. The number of hydrogen-bond acceptors (Lipinski definition) is 0. The van der Waals surface area contributed by atoms with Crippen molar-refractivity contribution in [2.75, 3.05) is 0 Å². The Morgan fingerprint density at radius 3 is 2.26 bits per heavy atom. The fourth-order valence-corrected chi connectivity index (χ4v) is 3.31. The van der Waals surface area contributed by atoms with Gasteiger partial charge in [0.25, 0.3) is 0 Å². The summed E-state index contributed by atoms with van der Waals surface area (Å²) in [6.07, 6.45) is 6.55. The zero-order chi connectivity index (χ0) is 16.7. The van der Waals surface area contributed by atoms with E-state index in [2.05, 4.69) is 76.2 Å². The SMILES string of the molecule is CCC(C)CC(C)CCCc1ccc(-c2cccc(C)c2)cc1. The molecule has 124 valence electrons. The fraction of sp³-hybridized carbons (Fsp3) is 0.478. The van der Waals surface area contributed by atoms with Gasteiger partial charge in [-0.25, -0.2) is 0 Å². The third kappa shape index (κ3) is 5.86. The smallest absolute Gasteiger partial charge is 0.0181 e. The van der Waals surface area contributed by atoms with Crippen LogP contribution in [0.25, 0.3) is 11.1 Å². The summed E-state index contributed by atoms with van der Waals surface area (Å²) in [5.41, 5.74) is 5.43. The van der Waals surface area contributed by atoms with E-state index < -0.39 is 0 Å². The van der Waals surface area contributed by atoms with Gasteiger partial charge >= 0.3 is 0 Å². The van der Waals surface area contributed by atoms with Gasteiger partial charge in [0.05, 0.1) is 0 Å². The molecule has 0 aliphatic heterocycles. The van der Waals surface area contributed by atoms with Crippen molar-refractivity contribution >= 4 is 0 Å². The minimum absolute atomic E-state index is 0.858. The van der Waals surface area contributed by atoms with Crippen molar-refractivity contribution < 1.29 is 0 Å². The average Bonchev–Trinajstić information content (AvgIpc) is 2.55. The molecule has 0 fully saturated rings. The lowest BCUT2D eigenvalue weighted by molar-refractivity contribution is 0.380. The first-order valence-corrected chi connectivity index (χ1v) is 9.24. The van der Waals surface area contributed by atoms with E-state index >= 15 is 0 Å².